The Morgan fingerprint density at radius 1 is 1.29 bits per heavy atom. The van der Waals surface area contributed by atoms with Crippen molar-refractivity contribution in [3.8, 4) is 0 Å². The summed E-state index contributed by atoms with van der Waals surface area (Å²) >= 11 is 0. The minimum Gasteiger partial charge on any atom is -0.345 e. The van der Waals surface area contributed by atoms with Crippen LogP contribution < -0.4 is 10.0 Å². The highest BCUT2D eigenvalue weighted by Crippen LogP contribution is 2.34. The SMILES string of the molecule is C=C(/C=C(F)\C(F)=C/C)NC(=O)c1c2c(cn1C)S(=N)(=O)N[C@@H](C1CCCCC1)CC2. The third-order valence-electron chi connectivity index (χ3n) is 6.07. The van der Waals surface area contributed by atoms with Gasteiger partial charge in [-0.3, -0.25) is 4.79 Å². The molecule has 1 amide bonds. The van der Waals surface area contributed by atoms with Crippen molar-refractivity contribution in [2.24, 2.45) is 13.0 Å². The van der Waals surface area contributed by atoms with Crippen molar-refractivity contribution in [3.05, 3.63) is 53.5 Å². The molecule has 1 aromatic heterocycles. The van der Waals surface area contributed by atoms with Gasteiger partial charge in [-0.05, 0) is 50.7 Å². The maximum atomic E-state index is 13.7. The minimum atomic E-state index is -3.28. The van der Waals surface area contributed by atoms with E-state index in [0.29, 0.717) is 29.2 Å². The van der Waals surface area contributed by atoms with Crippen molar-refractivity contribution in [2.45, 2.75) is 62.8 Å². The Hall–Kier alpha value is -2.26. The highest BCUT2D eigenvalue weighted by Gasteiger charge is 2.34. The molecule has 1 aliphatic carbocycles. The number of hydrogen-bond donors (Lipinski definition) is 3. The molecule has 0 radical (unpaired) electrons. The van der Waals surface area contributed by atoms with Crippen molar-refractivity contribution >= 4 is 15.8 Å². The standard InChI is InChI=1S/C22H30F2N4O2S/c1-4-17(23)18(24)12-14(2)26-22(29)21-16-10-11-19(15-8-6-5-7-9-15)27-31(25,30)20(16)13-28(21)3/h4,12-13,15,19H,2,5-11H2,1,3H3,(H,26,29)(H2,25,27,30)/b17-4+,18-12+/t19-,31?/m1/s1. The Balaban J connectivity index is 1.85. The third kappa shape index (κ3) is 5.15. The molecule has 2 atom stereocenters. The molecule has 2 heterocycles. The average Bonchev–Trinajstić information content (AvgIpc) is 3.01. The fourth-order valence-corrected chi connectivity index (χ4v) is 6.26. The number of carbonyl (C=O) groups excluding carboxylic acids is 1. The van der Waals surface area contributed by atoms with Gasteiger partial charge in [-0.1, -0.05) is 25.8 Å². The zero-order chi connectivity index (χ0) is 22.8. The summed E-state index contributed by atoms with van der Waals surface area (Å²) in [5, 5.41) is 2.47. The fraction of sp³-hybridized carbons (Fsp3) is 0.500. The third-order valence-corrected chi connectivity index (χ3v) is 7.68. The summed E-state index contributed by atoms with van der Waals surface area (Å²) in [6.45, 7) is 4.92. The van der Waals surface area contributed by atoms with Crippen molar-refractivity contribution in [1.29, 1.82) is 4.78 Å². The molecule has 0 saturated heterocycles. The molecule has 3 rings (SSSR count). The van der Waals surface area contributed by atoms with Crippen molar-refractivity contribution < 1.29 is 17.8 Å². The van der Waals surface area contributed by atoms with Gasteiger partial charge in [0.1, 0.15) is 15.6 Å². The number of nitrogens with one attached hydrogen (secondary N) is 3. The van der Waals surface area contributed by atoms with Crippen LogP contribution in [-0.4, -0.2) is 20.7 Å². The van der Waals surface area contributed by atoms with Crippen LogP contribution in [0.15, 0.2) is 47.2 Å². The summed E-state index contributed by atoms with van der Waals surface area (Å²) in [5.41, 5.74) is 0.707. The van der Waals surface area contributed by atoms with Gasteiger partial charge in [0.05, 0.1) is 4.90 Å². The second-order valence-corrected chi connectivity index (χ2v) is 10.0. The second-order valence-electron chi connectivity index (χ2n) is 8.26. The van der Waals surface area contributed by atoms with Crippen LogP contribution in [0.2, 0.25) is 0 Å². The first-order valence-electron chi connectivity index (χ1n) is 10.6. The normalized spacial score (nSPS) is 25.6. The Morgan fingerprint density at radius 3 is 2.61 bits per heavy atom. The van der Waals surface area contributed by atoms with Gasteiger partial charge in [-0.25, -0.2) is 22.5 Å². The van der Waals surface area contributed by atoms with E-state index in [9.17, 15) is 17.8 Å². The number of fused-ring (bicyclic) bond motifs is 1. The molecule has 1 saturated carbocycles. The van der Waals surface area contributed by atoms with Gasteiger partial charge in [0.2, 0.25) is 0 Å². The molecule has 31 heavy (non-hydrogen) atoms. The number of aryl methyl sites for hydroxylation is 1. The lowest BCUT2D eigenvalue weighted by atomic mass is 9.82. The lowest BCUT2D eigenvalue weighted by molar-refractivity contribution is 0.0958. The quantitative estimate of drug-likeness (QED) is 0.561. The van der Waals surface area contributed by atoms with Gasteiger partial charge in [-0.2, -0.15) is 0 Å². The van der Waals surface area contributed by atoms with E-state index in [2.05, 4.69) is 16.6 Å². The van der Waals surface area contributed by atoms with Gasteiger partial charge in [0.15, 0.2) is 11.7 Å². The zero-order valence-electron chi connectivity index (χ0n) is 18.0. The van der Waals surface area contributed by atoms with E-state index >= 15 is 0 Å². The molecular weight excluding hydrogens is 422 g/mol. The topological polar surface area (TPSA) is 87.0 Å². The molecule has 1 unspecified atom stereocenters. The summed E-state index contributed by atoms with van der Waals surface area (Å²) in [5.74, 6) is -2.36. The summed E-state index contributed by atoms with van der Waals surface area (Å²) < 4.78 is 53.3. The zero-order valence-corrected chi connectivity index (χ0v) is 18.8. The lowest BCUT2D eigenvalue weighted by Gasteiger charge is -2.30. The number of carbonyl (C=O) groups is 1. The largest absolute Gasteiger partial charge is 0.345 e. The Bertz CT molecular complexity index is 1030. The van der Waals surface area contributed by atoms with Gasteiger partial charge in [0, 0.05) is 30.5 Å². The van der Waals surface area contributed by atoms with Gasteiger partial charge < -0.3 is 9.88 Å². The Kier molecular flexibility index (Phi) is 7.16. The number of allylic oxidation sites excluding steroid dienone is 4. The van der Waals surface area contributed by atoms with Crippen molar-refractivity contribution in [3.63, 3.8) is 0 Å². The fourth-order valence-electron chi connectivity index (χ4n) is 4.54. The molecule has 0 bridgehead atoms. The molecule has 6 nitrogen and oxygen atoms in total. The highest BCUT2D eigenvalue weighted by atomic mass is 32.2. The van der Waals surface area contributed by atoms with Crippen LogP contribution in [0, 0.1) is 10.7 Å². The first kappa shape index (κ1) is 23.4. The van der Waals surface area contributed by atoms with E-state index in [1.807, 2.05) is 0 Å². The molecule has 2 aliphatic rings. The van der Waals surface area contributed by atoms with Crippen LogP contribution >= 0.6 is 0 Å². The molecule has 9 heteroatoms. The molecule has 0 aromatic carbocycles. The maximum Gasteiger partial charge on any atom is 0.272 e. The van der Waals surface area contributed by atoms with E-state index in [1.54, 1.807) is 13.2 Å². The predicted molar refractivity (Wildman–Crippen MR) is 117 cm³/mol. The molecule has 3 N–H and O–H groups in total. The monoisotopic (exact) mass is 452 g/mol. The molecule has 1 aliphatic heterocycles. The van der Waals surface area contributed by atoms with Gasteiger partial charge in [0.25, 0.3) is 5.91 Å². The second kappa shape index (κ2) is 9.48. The lowest BCUT2D eigenvalue weighted by Crippen LogP contribution is -2.39. The average molecular weight is 453 g/mol. The van der Waals surface area contributed by atoms with Crippen LogP contribution in [0.25, 0.3) is 0 Å². The smallest absolute Gasteiger partial charge is 0.272 e. The van der Waals surface area contributed by atoms with E-state index in [0.717, 1.165) is 37.8 Å². The van der Waals surface area contributed by atoms with Crippen LogP contribution in [0.4, 0.5) is 8.78 Å². The Labute approximate surface area is 182 Å². The van der Waals surface area contributed by atoms with Gasteiger partial charge in [-0.15, -0.1) is 0 Å². The van der Waals surface area contributed by atoms with E-state index in [4.69, 9.17) is 4.78 Å². The van der Waals surface area contributed by atoms with Crippen molar-refractivity contribution in [2.75, 3.05) is 0 Å². The molecular formula is C22H30F2N4O2S. The van der Waals surface area contributed by atoms with Crippen LogP contribution in [0.5, 0.6) is 0 Å². The number of aromatic nitrogens is 1. The molecule has 0 spiro atoms. The molecule has 1 fully saturated rings. The number of rotatable bonds is 5. The first-order chi connectivity index (χ1) is 14.6. The van der Waals surface area contributed by atoms with E-state index in [1.165, 1.54) is 17.9 Å². The predicted octanol–water partition coefficient (Wildman–Crippen LogP) is 4.80. The van der Waals surface area contributed by atoms with Crippen LogP contribution in [-0.2, 0) is 23.4 Å². The summed E-state index contributed by atoms with van der Waals surface area (Å²) in [7, 11) is -1.64. The van der Waals surface area contributed by atoms with E-state index < -0.39 is 27.5 Å². The first-order valence-corrected chi connectivity index (χ1v) is 12.1. The maximum absolute atomic E-state index is 13.7. The summed E-state index contributed by atoms with van der Waals surface area (Å²) in [6, 6.07) is -0.0327. The van der Waals surface area contributed by atoms with Crippen LogP contribution in [0.3, 0.4) is 0 Å². The minimum absolute atomic E-state index is 0.0327. The number of amides is 1. The number of halogens is 2. The van der Waals surface area contributed by atoms with Gasteiger partial charge >= 0.3 is 0 Å². The van der Waals surface area contributed by atoms with E-state index in [-0.39, 0.29) is 17.4 Å². The molecule has 1 aromatic rings. The van der Waals surface area contributed by atoms with Crippen LogP contribution in [0.1, 0.15) is 61.5 Å². The molecule has 170 valence electrons. The summed E-state index contributed by atoms with van der Waals surface area (Å²) in [4.78, 5) is 13.2. The number of nitrogens with zero attached hydrogens (tertiary/aromatic N) is 1. The van der Waals surface area contributed by atoms with Crippen molar-refractivity contribution in [1.82, 2.24) is 14.6 Å². The summed E-state index contributed by atoms with van der Waals surface area (Å²) in [6.07, 6.45) is 10.1. The Morgan fingerprint density at radius 2 is 1.97 bits per heavy atom. The highest BCUT2D eigenvalue weighted by molar-refractivity contribution is 7.90. The number of hydrogen-bond acceptors (Lipinski definition) is 3.